The van der Waals surface area contributed by atoms with Gasteiger partial charge in [-0.1, -0.05) is 13.3 Å². The third-order valence-electron chi connectivity index (χ3n) is 3.44. The molecule has 0 aromatic heterocycles. The summed E-state index contributed by atoms with van der Waals surface area (Å²) in [6.45, 7) is 2.18. The molecule has 0 aliphatic heterocycles. The highest BCUT2D eigenvalue weighted by Gasteiger charge is 2.34. The highest BCUT2D eigenvalue weighted by Crippen LogP contribution is 2.34. The summed E-state index contributed by atoms with van der Waals surface area (Å²) in [4.78, 5) is 0. The Hall–Kier alpha value is -1.56. The number of nitriles is 1. The van der Waals surface area contributed by atoms with Gasteiger partial charge in [-0.3, -0.25) is 0 Å². The normalized spacial score (nSPS) is 28.4. The Labute approximate surface area is 101 Å². The Balaban J connectivity index is 2.14. The molecule has 1 aromatic rings. The molecule has 3 heteroatoms. The molecule has 2 rings (SSSR count). The van der Waals surface area contributed by atoms with Crippen LogP contribution >= 0.6 is 0 Å². The van der Waals surface area contributed by atoms with Gasteiger partial charge in [0.2, 0.25) is 0 Å². The van der Waals surface area contributed by atoms with Crippen LogP contribution in [0.15, 0.2) is 24.3 Å². The lowest BCUT2D eigenvalue weighted by atomic mass is 9.77. The van der Waals surface area contributed by atoms with Crippen molar-refractivity contribution >= 4 is 5.69 Å². The fraction of sp³-hybridized carbons (Fsp3) is 0.500. The number of nitrogens with zero attached hydrogens (tertiary/aromatic N) is 1. The summed E-state index contributed by atoms with van der Waals surface area (Å²) >= 11 is 0. The van der Waals surface area contributed by atoms with Crippen LogP contribution in [0.1, 0.15) is 32.6 Å². The van der Waals surface area contributed by atoms with E-state index in [1.807, 2.05) is 0 Å². The van der Waals surface area contributed by atoms with E-state index in [0.29, 0.717) is 5.92 Å². The minimum absolute atomic E-state index is 0.251. The highest BCUT2D eigenvalue weighted by atomic mass is 19.1. The number of hydrogen-bond acceptors (Lipinski definition) is 2. The smallest absolute Gasteiger partial charge is 0.125 e. The lowest BCUT2D eigenvalue weighted by Crippen LogP contribution is -2.41. The van der Waals surface area contributed by atoms with Gasteiger partial charge in [-0.2, -0.15) is 5.26 Å². The molecule has 1 aliphatic rings. The van der Waals surface area contributed by atoms with E-state index in [1.165, 1.54) is 18.6 Å². The predicted octanol–water partition coefficient (Wildman–Crippen LogP) is 3.71. The lowest BCUT2D eigenvalue weighted by molar-refractivity contribution is 0.308. The first-order chi connectivity index (χ1) is 8.13. The molecule has 2 atom stereocenters. The number of benzene rings is 1. The fourth-order valence-corrected chi connectivity index (χ4v) is 2.60. The van der Waals surface area contributed by atoms with Crippen LogP contribution in [0, 0.1) is 23.1 Å². The van der Waals surface area contributed by atoms with Crippen molar-refractivity contribution < 1.29 is 4.39 Å². The number of anilines is 1. The Bertz CT molecular complexity index is 421. The second-order valence-corrected chi connectivity index (χ2v) is 5.03. The van der Waals surface area contributed by atoms with E-state index in [9.17, 15) is 9.65 Å². The zero-order valence-electron chi connectivity index (χ0n) is 10.0. The van der Waals surface area contributed by atoms with E-state index in [-0.39, 0.29) is 5.82 Å². The summed E-state index contributed by atoms with van der Waals surface area (Å²) in [6.07, 6.45) is 3.99. The molecule has 0 radical (unpaired) electrons. The largest absolute Gasteiger partial charge is 0.367 e. The van der Waals surface area contributed by atoms with Gasteiger partial charge in [-0.05, 0) is 49.4 Å². The molecule has 2 unspecified atom stereocenters. The molecule has 1 aliphatic carbocycles. The molecule has 1 saturated carbocycles. The zero-order chi connectivity index (χ0) is 12.3. The summed E-state index contributed by atoms with van der Waals surface area (Å²) in [5.41, 5.74) is 0.345. The Morgan fingerprint density at radius 1 is 1.41 bits per heavy atom. The monoisotopic (exact) mass is 232 g/mol. The van der Waals surface area contributed by atoms with Crippen molar-refractivity contribution in [2.24, 2.45) is 5.92 Å². The first kappa shape index (κ1) is 11.9. The molecule has 1 fully saturated rings. The summed E-state index contributed by atoms with van der Waals surface area (Å²) in [5.74, 6) is 0.315. The fourth-order valence-electron chi connectivity index (χ4n) is 2.60. The van der Waals surface area contributed by atoms with Crippen molar-refractivity contribution in [3.63, 3.8) is 0 Å². The quantitative estimate of drug-likeness (QED) is 0.843. The standard InChI is InChI=1S/C14H17FN2/c1-11-3-2-8-14(9-11,10-16)17-13-6-4-12(15)5-7-13/h4-7,11,17H,2-3,8-9H2,1H3. The molecule has 17 heavy (non-hydrogen) atoms. The van der Waals surface area contributed by atoms with Gasteiger partial charge in [0, 0.05) is 5.69 Å². The molecular formula is C14H17FN2. The Morgan fingerprint density at radius 2 is 2.12 bits per heavy atom. The summed E-state index contributed by atoms with van der Waals surface area (Å²) in [7, 11) is 0. The van der Waals surface area contributed by atoms with E-state index in [4.69, 9.17) is 0 Å². The summed E-state index contributed by atoms with van der Waals surface area (Å²) < 4.78 is 12.8. The average Bonchev–Trinajstić information content (AvgIpc) is 2.32. The van der Waals surface area contributed by atoms with Crippen molar-refractivity contribution in [1.82, 2.24) is 0 Å². The van der Waals surface area contributed by atoms with Crippen molar-refractivity contribution in [1.29, 1.82) is 5.26 Å². The molecule has 0 amide bonds. The van der Waals surface area contributed by atoms with Gasteiger partial charge in [0.25, 0.3) is 0 Å². The van der Waals surface area contributed by atoms with E-state index in [1.54, 1.807) is 12.1 Å². The molecule has 2 nitrogen and oxygen atoms in total. The summed E-state index contributed by atoms with van der Waals surface area (Å²) in [6, 6.07) is 8.62. The van der Waals surface area contributed by atoms with Crippen LogP contribution in [-0.2, 0) is 0 Å². The molecule has 0 bridgehead atoms. The molecule has 0 saturated heterocycles. The average molecular weight is 232 g/mol. The van der Waals surface area contributed by atoms with Crippen LogP contribution in [0.25, 0.3) is 0 Å². The van der Waals surface area contributed by atoms with Crippen LogP contribution in [-0.4, -0.2) is 5.54 Å². The lowest BCUT2D eigenvalue weighted by Gasteiger charge is -2.35. The third kappa shape index (κ3) is 2.76. The van der Waals surface area contributed by atoms with Crippen LogP contribution in [0.4, 0.5) is 10.1 Å². The van der Waals surface area contributed by atoms with Gasteiger partial charge >= 0.3 is 0 Å². The Morgan fingerprint density at radius 3 is 2.71 bits per heavy atom. The maximum absolute atomic E-state index is 12.8. The van der Waals surface area contributed by atoms with Gasteiger partial charge in [-0.15, -0.1) is 0 Å². The first-order valence-electron chi connectivity index (χ1n) is 6.08. The minimum atomic E-state index is -0.477. The minimum Gasteiger partial charge on any atom is -0.367 e. The van der Waals surface area contributed by atoms with E-state index >= 15 is 0 Å². The molecule has 0 heterocycles. The van der Waals surface area contributed by atoms with E-state index in [2.05, 4.69) is 18.3 Å². The first-order valence-corrected chi connectivity index (χ1v) is 6.08. The van der Waals surface area contributed by atoms with Gasteiger partial charge in [0.15, 0.2) is 0 Å². The predicted molar refractivity (Wildman–Crippen MR) is 66.0 cm³/mol. The molecule has 90 valence electrons. The van der Waals surface area contributed by atoms with Crippen LogP contribution in [0.3, 0.4) is 0 Å². The maximum Gasteiger partial charge on any atom is 0.125 e. The van der Waals surface area contributed by atoms with Crippen LogP contribution < -0.4 is 5.32 Å². The summed E-state index contributed by atoms with van der Waals surface area (Å²) in [5, 5.41) is 12.7. The molecule has 0 spiro atoms. The van der Waals surface area contributed by atoms with Gasteiger partial charge in [-0.25, -0.2) is 4.39 Å². The number of nitrogens with one attached hydrogen (secondary N) is 1. The second-order valence-electron chi connectivity index (χ2n) is 5.03. The SMILES string of the molecule is CC1CCCC(C#N)(Nc2ccc(F)cc2)C1. The van der Waals surface area contributed by atoms with Crippen LogP contribution in [0.5, 0.6) is 0 Å². The Kier molecular flexibility index (Phi) is 3.33. The molecule has 1 N–H and O–H groups in total. The van der Waals surface area contributed by atoms with Gasteiger partial charge in [0.1, 0.15) is 11.4 Å². The number of rotatable bonds is 2. The number of halogens is 1. The molecule has 1 aromatic carbocycles. The van der Waals surface area contributed by atoms with E-state index < -0.39 is 5.54 Å². The van der Waals surface area contributed by atoms with Crippen molar-refractivity contribution in [3.05, 3.63) is 30.1 Å². The third-order valence-corrected chi connectivity index (χ3v) is 3.44. The second kappa shape index (κ2) is 4.75. The van der Waals surface area contributed by atoms with E-state index in [0.717, 1.165) is 24.9 Å². The molecular weight excluding hydrogens is 215 g/mol. The van der Waals surface area contributed by atoms with Crippen molar-refractivity contribution in [2.75, 3.05) is 5.32 Å². The maximum atomic E-state index is 12.8. The van der Waals surface area contributed by atoms with Gasteiger partial charge in [0.05, 0.1) is 6.07 Å². The van der Waals surface area contributed by atoms with Crippen molar-refractivity contribution in [3.8, 4) is 6.07 Å². The van der Waals surface area contributed by atoms with Gasteiger partial charge < -0.3 is 5.32 Å². The topological polar surface area (TPSA) is 35.8 Å². The number of hydrogen-bond donors (Lipinski definition) is 1. The highest BCUT2D eigenvalue weighted by molar-refractivity contribution is 5.47. The van der Waals surface area contributed by atoms with Crippen LogP contribution in [0.2, 0.25) is 0 Å². The zero-order valence-corrected chi connectivity index (χ0v) is 10.0. The van der Waals surface area contributed by atoms with Crippen molar-refractivity contribution in [2.45, 2.75) is 38.1 Å².